The second-order valence-corrected chi connectivity index (χ2v) is 11.2. The monoisotopic (exact) mass is 555 g/mol. The normalized spacial score (nSPS) is 12.8. The van der Waals surface area contributed by atoms with Crippen molar-refractivity contribution >= 4 is 27.4 Å². The van der Waals surface area contributed by atoms with Crippen LogP contribution in [0.5, 0.6) is 11.5 Å². The van der Waals surface area contributed by atoms with E-state index < -0.39 is 80.0 Å². The minimum Gasteiger partial charge on any atom is -0.481 e. The molecule has 0 heterocycles. The highest BCUT2D eigenvalue weighted by atomic mass is 32.2. The average molecular weight is 555 g/mol. The summed E-state index contributed by atoms with van der Waals surface area (Å²) in [5, 5.41) is 6.63. The Morgan fingerprint density at radius 3 is 2.14 bits per heavy atom. The second-order valence-electron chi connectivity index (χ2n) is 9.09. The highest BCUT2D eigenvalue weighted by Gasteiger charge is 2.45. The fraction of sp³-hybridized carbons (Fsp3) is 0.391. The first-order chi connectivity index (χ1) is 16.7. The molecule has 37 heavy (non-hydrogen) atoms. The van der Waals surface area contributed by atoms with Crippen molar-refractivity contribution in [2.45, 2.75) is 44.4 Å². The molecule has 0 aliphatic carbocycles. The highest BCUT2D eigenvalue weighted by Crippen LogP contribution is 2.37. The van der Waals surface area contributed by atoms with Crippen molar-refractivity contribution in [2.24, 2.45) is 5.41 Å². The highest BCUT2D eigenvalue weighted by molar-refractivity contribution is 7.91. The van der Waals surface area contributed by atoms with Crippen molar-refractivity contribution in [3.63, 3.8) is 0 Å². The topological polar surface area (TPSA) is 110 Å². The number of rotatable bonds is 9. The number of hydrogen-bond donors (Lipinski definition) is 2. The number of aliphatic carboxylic acids is 1. The van der Waals surface area contributed by atoms with Gasteiger partial charge in [-0.3, -0.25) is 9.59 Å². The summed E-state index contributed by atoms with van der Waals surface area (Å²) in [6.07, 6.45) is -5.70. The van der Waals surface area contributed by atoms with Gasteiger partial charge in [-0.15, -0.1) is 0 Å². The van der Waals surface area contributed by atoms with Crippen LogP contribution in [-0.4, -0.2) is 37.3 Å². The van der Waals surface area contributed by atoms with Crippen molar-refractivity contribution in [2.75, 3.05) is 12.0 Å². The number of carbonyl (C=O) groups excluding carboxylic acids is 1. The standard InChI is InChI=1S/C23H23F6NO6S/c1-21(2,3)20(33)30-16-4-5-18(14(9-16)11-37(34,35)22(25,26)12-24)36-17-7-13(8-19(31)32)6-15(10-17)23(27,28)29/h4-7,9-10H,8,11-12H2,1-3H3,(H,30,33)(H,31,32). The molecule has 0 fully saturated rings. The van der Waals surface area contributed by atoms with E-state index in [1.54, 1.807) is 20.8 Å². The molecule has 0 radical (unpaired) electrons. The number of ether oxygens (including phenoxy) is 1. The number of carboxylic acid groups (broad SMARTS) is 1. The molecule has 0 saturated heterocycles. The number of sulfone groups is 1. The maximum Gasteiger partial charge on any atom is 0.416 e. The van der Waals surface area contributed by atoms with E-state index in [1.807, 2.05) is 0 Å². The Kier molecular flexibility index (Phi) is 8.57. The van der Waals surface area contributed by atoms with Gasteiger partial charge in [0.05, 0.1) is 17.7 Å². The zero-order valence-corrected chi connectivity index (χ0v) is 20.6. The van der Waals surface area contributed by atoms with Crippen LogP contribution in [0.2, 0.25) is 0 Å². The fourth-order valence-corrected chi connectivity index (χ4v) is 3.88. The van der Waals surface area contributed by atoms with Crippen LogP contribution in [0.15, 0.2) is 36.4 Å². The number of carbonyl (C=O) groups is 2. The van der Waals surface area contributed by atoms with Crippen molar-refractivity contribution in [3.05, 3.63) is 53.1 Å². The summed E-state index contributed by atoms with van der Waals surface area (Å²) in [4.78, 5) is 23.3. The summed E-state index contributed by atoms with van der Waals surface area (Å²) >= 11 is 0. The average Bonchev–Trinajstić information content (AvgIpc) is 2.73. The van der Waals surface area contributed by atoms with Crippen LogP contribution in [0.1, 0.15) is 37.5 Å². The van der Waals surface area contributed by atoms with Crippen LogP contribution in [-0.2, 0) is 37.8 Å². The predicted molar refractivity (Wildman–Crippen MR) is 121 cm³/mol. The maximum atomic E-state index is 13.7. The molecule has 2 N–H and O–H groups in total. The summed E-state index contributed by atoms with van der Waals surface area (Å²) in [6.45, 7) is 2.18. The summed E-state index contributed by atoms with van der Waals surface area (Å²) in [6, 6.07) is 5.21. The van der Waals surface area contributed by atoms with Gasteiger partial charge in [0.15, 0.2) is 6.67 Å². The molecule has 7 nitrogen and oxygen atoms in total. The Labute approximate surface area is 208 Å². The van der Waals surface area contributed by atoms with Gasteiger partial charge in [0.2, 0.25) is 15.7 Å². The van der Waals surface area contributed by atoms with Gasteiger partial charge in [0.25, 0.3) is 0 Å². The Balaban J connectivity index is 2.61. The lowest BCUT2D eigenvalue weighted by Gasteiger charge is -2.20. The third kappa shape index (κ3) is 7.84. The lowest BCUT2D eigenvalue weighted by atomic mass is 9.95. The molecule has 0 aliphatic heterocycles. The van der Waals surface area contributed by atoms with Gasteiger partial charge in [0.1, 0.15) is 11.5 Å². The first-order valence-corrected chi connectivity index (χ1v) is 12.1. The first kappa shape index (κ1) is 29.9. The molecule has 0 aromatic heterocycles. The first-order valence-electron chi connectivity index (χ1n) is 10.5. The van der Waals surface area contributed by atoms with Crippen molar-refractivity contribution in [3.8, 4) is 11.5 Å². The van der Waals surface area contributed by atoms with E-state index in [2.05, 4.69) is 5.32 Å². The number of anilines is 1. The molecule has 0 bridgehead atoms. The minimum atomic E-state index is -5.47. The third-order valence-electron chi connectivity index (χ3n) is 4.83. The zero-order chi connectivity index (χ0) is 28.4. The Hall–Kier alpha value is -3.29. The van der Waals surface area contributed by atoms with E-state index in [1.165, 1.54) is 6.07 Å². The molecule has 0 saturated carbocycles. The summed E-state index contributed by atoms with van der Waals surface area (Å²) in [5.74, 6) is -4.51. The lowest BCUT2D eigenvalue weighted by Crippen LogP contribution is -2.32. The number of hydrogen-bond acceptors (Lipinski definition) is 5. The van der Waals surface area contributed by atoms with Crippen LogP contribution >= 0.6 is 0 Å². The molecule has 0 unspecified atom stereocenters. The lowest BCUT2D eigenvalue weighted by molar-refractivity contribution is -0.138. The summed E-state index contributed by atoms with van der Waals surface area (Å²) in [7, 11) is -5.47. The van der Waals surface area contributed by atoms with Gasteiger partial charge in [-0.1, -0.05) is 20.8 Å². The Morgan fingerprint density at radius 1 is 1.00 bits per heavy atom. The van der Waals surface area contributed by atoms with Crippen molar-refractivity contribution in [1.82, 2.24) is 0 Å². The molecule has 1 amide bonds. The molecular weight excluding hydrogens is 532 g/mol. The molecule has 14 heteroatoms. The van der Waals surface area contributed by atoms with Gasteiger partial charge in [0, 0.05) is 16.7 Å². The van der Waals surface area contributed by atoms with Crippen LogP contribution in [0.3, 0.4) is 0 Å². The van der Waals surface area contributed by atoms with E-state index in [0.29, 0.717) is 12.1 Å². The molecule has 2 rings (SSSR count). The van der Waals surface area contributed by atoms with E-state index in [4.69, 9.17) is 9.84 Å². The van der Waals surface area contributed by atoms with Gasteiger partial charge in [-0.25, -0.2) is 12.8 Å². The van der Waals surface area contributed by atoms with Crippen LogP contribution in [0.4, 0.5) is 32.0 Å². The molecule has 0 spiro atoms. The molecule has 2 aromatic rings. The Bertz CT molecular complexity index is 1290. The number of nitrogens with one attached hydrogen (secondary N) is 1. The number of alkyl halides is 6. The number of amides is 1. The third-order valence-corrected chi connectivity index (χ3v) is 6.54. The maximum absolute atomic E-state index is 13.7. The molecule has 204 valence electrons. The zero-order valence-electron chi connectivity index (χ0n) is 19.7. The predicted octanol–water partition coefficient (Wildman–Crippen LogP) is 5.59. The van der Waals surface area contributed by atoms with E-state index in [0.717, 1.165) is 18.2 Å². The number of carboxylic acids is 1. The van der Waals surface area contributed by atoms with E-state index in [-0.39, 0.29) is 11.3 Å². The summed E-state index contributed by atoms with van der Waals surface area (Å²) < 4.78 is 110. The smallest absolute Gasteiger partial charge is 0.416 e. The summed E-state index contributed by atoms with van der Waals surface area (Å²) in [5.41, 5.74) is -3.03. The second kappa shape index (κ2) is 10.6. The molecule has 0 atom stereocenters. The molecular formula is C23H23F6NO6S. The van der Waals surface area contributed by atoms with Gasteiger partial charge in [-0.2, -0.15) is 22.0 Å². The molecule has 2 aromatic carbocycles. The fourth-order valence-electron chi connectivity index (χ4n) is 2.87. The van der Waals surface area contributed by atoms with Crippen LogP contribution in [0.25, 0.3) is 0 Å². The SMILES string of the molecule is CC(C)(C)C(=O)Nc1ccc(Oc2cc(CC(=O)O)cc(C(F)(F)F)c2)c(CS(=O)(=O)C(F)(F)CF)c1. The van der Waals surface area contributed by atoms with Gasteiger partial charge in [-0.05, 0) is 42.0 Å². The largest absolute Gasteiger partial charge is 0.481 e. The van der Waals surface area contributed by atoms with E-state index >= 15 is 0 Å². The van der Waals surface area contributed by atoms with Crippen molar-refractivity contribution in [1.29, 1.82) is 0 Å². The van der Waals surface area contributed by atoms with Gasteiger partial charge >= 0.3 is 17.4 Å². The number of benzene rings is 2. The minimum absolute atomic E-state index is 0.0448. The quantitative estimate of drug-likeness (QED) is 0.391. The Morgan fingerprint density at radius 2 is 1.62 bits per heavy atom. The molecule has 0 aliphatic rings. The van der Waals surface area contributed by atoms with Crippen LogP contribution in [0, 0.1) is 5.41 Å². The van der Waals surface area contributed by atoms with Crippen molar-refractivity contribution < 1.29 is 54.2 Å². The van der Waals surface area contributed by atoms with E-state index in [9.17, 15) is 44.3 Å². The number of halogens is 6. The van der Waals surface area contributed by atoms with Crippen LogP contribution < -0.4 is 10.1 Å². The van der Waals surface area contributed by atoms with Gasteiger partial charge < -0.3 is 15.2 Å².